The lowest BCUT2D eigenvalue weighted by Crippen LogP contribution is -2.26. The van der Waals surface area contributed by atoms with E-state index in [1.54, 1.807) is 0 Å². The zero-order chi connectivity index (χ0) is 20.3. The Bertz CT molecular complexity index is 913. The van der Waals surface area contributed by atoms with Gasteiger partial charge in [0, 0.05) is 13.1 Å². The number of nitrogens with one attached hydrogen (secondary N) is 1. The lowest BCUT2D eigenvalue weighted by atomic mass is 10.0. The van der Waals surface area contributed by atoms with Crippen molar-refractivity contribution in [3.63, 3.8) is 0 Å². The van der Waals surface area contributed by atoms with E-state index < -0.39 is 6.09 Å². The third-order valence-corrected chi connectivity index (χ3v) is 4.40. The molecule has 3 rings (SSSR count). The Balaban J connectivity index is 1.39. The minimum Gasteiger partial charge on any atom is -0.494 e. The molecular formula is C24H26N2O3. The predicted molar refractivity (Wildman–Crippen MR) is 115 cm³/mol. The Hall–Kier alpha value is -3.31. The van der Waals surface area contributed by atoms with Gasteiger partial charge in [-0.1, -0.05) is 60.7 Å². The number of benzene rings is 3. The quantitative estimate of drug-likeness (QED) is 0.527. The molecule has 0 atom stereocenters. The maximum atomic E-state index is 11.7. The molecule has 0 fully saturated rings. The predicted octanol–water partition coefficient (Wildman–Crippen LogP) is 4.51. The molecule has 0 heterocycles. The fraction of sp³-hybridized carbons (Fsp3) is 0.208. The van der Waals surface area contributed by atoms with Gasteiger partial charge in [0.25, 0.3) is 0 Å². The summed E-state index contributed by atoms with van der Waals surface area (Å²) in [5.41, 5.74) is 9.98. The molecule has 29 heavy (non-hydrogen) atoms. The number of alkyl carbamates (subject to hydrolysis) is 1. The second-order valence-corrected chi connectivity index (χ2v) is 6.62. The van der Waals surface area contributed by atoms with Gasteiger partial charge >= 0.3 is 6.09 Å². The van der Waals surface area contributed by atoms with Gasteiger partial charge in [0.15, 0.2) is 0 Å². The van der Waals surface area contributed by atoms with Crippen LogP contribution >= 0.6 is 0 Å². The Morgan fingerprint density at radius 1 is 0.862 bits per heavy atom. The Labute approximate surface area is 171 Å². The molecule has 0 aromatic heterocycles. The van der Waals surface area contributed by atoms with Gasteiger partial charge in [-0.2, -0.15) is 0 Å². The number of nitrogens with two attached hydrogens (primary N) is 1. The minimum atomic E-state index is -0.421. The molecule has 1 amide bonds. The van der Waals surface area contributed by atoms with E-state index in [2.05, 4.69) is 17.4 Å². The van der Waals surface area contributed by atoms with Crippen molar-refractivity contribution in [3.05, 3.63) is 90.0 Å². The van der Waals surface area contributed by atoms with E-state index >= 15 is 0 Å². The smallest absolute Gasteiger partial charge is 0.407 e. The van der Waals surface area contributed by atoms with Crippen LogP contribution in [0, 0.1) is 0 Å². The first-order chi connectivity index (χ1) is 14.2. The Morgan fingerprint density at radius 3 is 2.38 bits per heavy atom. The highest BCUT2D eigenvalue weighted by molar-refractivity contribution is 5.67. The third kappa shape index (κ3) is 6.66. The van der Waals surface area contributed by atoms with Crippen molar-refractivity contribution in [2.75, 3.05) is 13.2 Å². The number of rotatable bonds is 9. The summed E-state index contributed by atoms with van der Waals surface area (Å²) < 4.78 is 11.0. The number of ether oxygens (including phenoxy) is 2. The van der Waals surface area contributed by atoms with E-state index in [1.165, 1.54) is 0 Å². The SMILES string of the molecule is NCc1cccc(-c2cccc(OCCCNC(=O)OCc3ccccc3)c2)c1. The van der Waals surface area contributed by atoms with Crippen LogP contribution in [-0.2, 0) is 17.9 Å². The minimum absolute atomic E-state index is 0.265. The molecule has 0 aliphatic rings. The number of hydrogen-bond donors (Lipinski definition) is 2. The monoisotopic (exact) mass is 390 g/mol. The maximum Gasteiger partial charge on any atom is 0.407 e. The summed E-state index contributed by atoms with van der Waals surface area (Å²) in [6.45, 7) is 1.78. The lowest BCUT2D eigenvalue weighted by Gasteiger charge is -2.10. The van der Waals surface area contributed by atoms with Crippen LogP contribution < -0.4 is 15.8 Å². The van der Waals surface area contributed by atoms with Gasteiger partial charge in [-0.3, -0.25) is 0 Å². The molecule has 0 aliphatic carbocycles. The number of amides is 1. The van der Waals surface area contributed by atoms with E-state index in [1.807, 2.05) is 66.7 Å². The summed E-state index contributed by atoms with van der Waals surface area (Å²) in [5.74, 6) is 0.798. The fourth-order valence-electron chi connectivity index (χ4n) is 2.87. The number of carbonyl (C=O) groups is 1. The molecule has 3 N–H and O–H groups in total. The molecule has 0 unspecified atom stereocenters. The topological polar surface area (TPSA) is 73.6 Å². The van der Waals surface area contributed by atoms with Gasteiger partial charge in [-0.25, -0.2) is 4.79 Å². The largest absolute Gasteiger partial charge is 0.494 e. The average Bonchev–Trinajstić information content (AvgIpc) is 2.78. The van der Waals surface area contributed by atoms with Crippen molar-refractivity contribution in [1.82, 2.24) is 5.32 Å². The van der Waals surface area contributed by atoms with Crippen LogP contribution in [0.25, 0.3) is 11.1 Å². The Kier molecular flexibility index (Phi) is 7.66. The zero-order valence-corrected chi connectivity index (χ0v) is 16.3. The Morgan fingerprint density at radius 2 is 1.59 bits per heavy atom. The van der Waals surface area contributed by atoms with Gasteiger partial charge in [0.2, 0.25) is 0 Å². The molecule has 150 valence electrons. The van der Waals surface area contributed by atoms with Gasteiger partial charge in [-0.15, -0.1) is 0 Å². The van der Waals surface area contributed by atoms with Crippen LogP contribution in [0.1, 0.15) is 17.5 Å². The second-order valence-electron chi connectivity index (χ2n) is 6.62. The lowest BCUT2D eigenvalue weighted by molar-refractivity contribution is 0.139. The fourth-order valence-corrected chi connectivity index (χ4v) is 2.87. The van der Waals surface area contributed by atoms with Gasteiger partial charge in [0.1, 0.15) is 12.4 Å². The molecule has 0 aliphatic heterocycles. The average molecular weight is 390 g/mol. The first-order valence-electron chi connectivity index (χ1n) is 9.71. The van der Waals surface area contributed by atoms with Crippen molar-refractivity contribution >= 4 is 6.09 Å². The first-order valence-corrected chi connectivity index (χ1v) is 9.71. The molecular weight excluding hydrogens is 364 g/mol. The van der Waals surface area contributed by atoms with Gasteiger partial charge in [0.05, 0.1) is 6.61 Å². The molecule has 0 saturated heterocycles. The van der Waals surface area contributed by atoms with Crippen molar-refractivity contribution in [2.45, 2.75) is 19.6 Å². The summed E-state index contributed by atoms with van der Waals surface area (Å²) in [4.78, 5) is 11.7. The highest BCUT2D eigenvalue weighted by Gasteiger charge is 2.03. The van der Waals surface area contributed by atoms with Crippen LogP contribution in [0.4, 0.5) is 4.79 Å². The summed E-state index contributed by atoms with van der Waals surface area (Å²) >= 11 is 0. The van der Waals surface area contributed by atoms with Crippen LogP contribution in [0.5, 0.6) is 5.75 Å². The molecule has 0 radical (unpaired) electrons. The molecule has 0 spiro atoms. The normalized spacial score (nSPS) is 10.4. The molecule has 0 saturated carbocycles. The second kappa shape index (κ2) is 10.9. The maximum absolute atomic E-state index is 11.7. The molecule has 3 aromatic carbocycles. The number of hydrogen-bond acceptors (Lipinski definition) is 4. The van der Waals surface area contributed by atoms with Crippen LogP contribution in [0.3, 0.4) is 0 Å². The summed E-state index contributed by atoms with van der Waals surface area (Å²) in [5, 5.41) is 2.74. The van der Waals surface area contributed by atoms with Crippen LogP contribution in [-0.4, -0.2) is 19.2 Å². The van der Waals surface area contributed by atoms with Crippen molar-refractivity contribution in [3.8, 4) is 16.9 Å². The first kappa shape index (κ1) is 20.4. The summed E-state index contributed by atoms with van der Waals surface area (Å²) in [6.07, 6.45) is 0.267. The molecule has 0 bridgehead atoms. The zero-order valence-electron chi connectivity index (χ0n) is 16.3. The van der Waals surface area contributed by atoms with Crippen LogP contribution in [0.2, 0.25) is 0 Å². The van der Waals surface area contributed by atoms with E-state index in [9.17, 15) is 4.79 Å². The highest BCUT2D eigenvalue weighted by atomic mass is 16.5. The van der Waals surface area contributed by atoms with E-state index in [0.717, 1.165) is 28.0 Å². The molecule has 5 nitrogen and oxygen atoms in total. The van der Waals surface area contributed by atoms with E-state index in [4.69, 9.17) is 15.2 Å². The highest BCUT2D eigenvalue weighted by Crippen LogP contribution is 2.24. The van der Waals surface area contributed by atoms with Crippen molar-refractivity contribution in [2.24, 2.45) is 5.73 Å². The standard InChI is InChI=1S/C24H26N2O3/c25-17-20-9-4-10-21(15-20)22-11-5-12-23(16-22)28-14-6-13-26-24(27)29-18-19-7-2-1-3-8-19/h1-5,7-12,15-16H,6,13-14,17-18,25H2,(H,26,27). The number of carbonyl (C=O) groups excluding carboxylic acids is 1. The summed E-state index contributed by atoms with van der Waals surface area (Å²) in [7, 11) is 0. The molecule has 5 heteroatoms. The van der Waals surface area contributed by atoms with Gasteiger partial charge < -0.3 is 20.5 Å². The van der Waals surface area contributed by atoms with E-state index in [-0.39, 0.29) is 6.61 Å². The van der Waals surface area contributed by atoms with Gasteiger partial charge in [-0.05, 0) is 46.9 Å². The molecule has 3 aromatic rings. The van der Waals surface area contributed by atoms with Crippen LogP contribution in [0.15, 0.2) is 78.9 Å². The summed E-state index contributed by atoms with van der Waals surface area (Å²) in [6, 6.07) is 25.7. The van der Waals surface area contributed by atoms with E-state index in [0.29, 0.717) is 26.1 Å². The third-order valence-electron chi connectivity index (χ3n) is 4.40. The van der Waals surface area contributed by atoms with Crippen molar-refractivity contribution in [1.29, 1.82) is 0 Å². The van der Waals surface area contributed by atoms with Crippen molar-refractivity contribution < 1.29 is 14.3 Å².